The second-order valence-corrected chi connectivity index (χ2v) is 1.83. The lowest BCUT2D eigenvalue weighted by Crippen LogP contribution is -1.81. The number of aromatic nitrogens is 2. The minimum atomic E-state index is 0. The first kappa shape index (κ1) is 8.50. The van der Waals surface area contributed by atoms with E-state index in [2.05, 4.69) is 16.9 Å². The van der Waals surface area contributed by atoms with Crippen LogP contribution >= 0.6 is 12.4 Å². The minimum absolute atomic E-state index is 0. The number of aromatic amines is 1. The van der Waals surface area contributed by atoms with E-state index in [1.54, 1.807) is 6.33 Å². The zero-order chi connectivity index (χ0) is 5.98. The molecule has 3 heteroatoms. The number of halogens is 1. The summed E-state index contributed by atoms with van der Waals surface area (Å²) in [5.41, 5.74) is 2.36. The normalized spacial score (nSPS) is 8.67. The predicted octanol–water partition coefficient (Wildman–Crippen LogP) is 1.70. The molecule has 1 heterocycles. The zero-order valence-electron chi connectivity index (χ0n) is 5.64. The quantitative estimate of drug-likeness (QED) is 0.642. The van der Waals surface area contributed by atoms with Gasteiger partial charge in [-0.1, -0.05) is 6.92 Å². The van der Waals surface area contributed by atoms with E-state index in [0.29, 0.717) is 0 Å². The van der Waals surface area contributed by atoms with Gasteiger partial charge in [0.25, 0.3) is 0 Å². The summed E-state index contributed by atoms with van der Waals surface area (Å²) in [6.07, 6.45) is 2.75. The lowest BCUT2D eigenvalue weighted by molar-refractivity contribution is 1.04. The number of hydrogen-bond donors (Lipinski definition) is 1. The van der Waals surface area contributed by atoms with Gasteiger partial charge in [-0.3, -0.25) is 0 Å². The third-order valence-electron chi connectivity index (χ3n) is 1.27. The molecule has 0 saturated heterocycles. The van der Waals surface area contributed by atoms with Gasteiger partial charge in [-0.15, -0.1) is 12.4 Å². The third kappa shape index (κ3) is 1.72. The molecule has 0 aliphatic carbocycles. The van der Waals surface area contributed by atoms with E-state index in [4.69, 9.17) is 0 Å². The van der Waals surface area contributed by atoms with Gasteiger partial charge < -0.3 is 4.98 Å². The second kappa shape index (κ2) is 3.51. The molecule has 1 rings (SSSR count). The van der Waals surface area contributed by atoms with Crippen molar-refractivity contribution in [2.24, 2.45) is 0 Å². The molecule has 0 aliphatic heterocycles. The molecule has 0 saturated carbocycles. The van der Waals surface area contributed by atoms with Gasteiger partial charge in [-0.2, -0.15) is 0 Å². The Morgan fingerprint density at radius 3 is 2.56 bits per heavy atom. The molecule has 2 nitrogen and oxygen atoms in total. The maximum absolute atomic E-state index is 4.08. The molecule has 0 aromatic carbocycles. The van der Waals surface area contributed by atoms with Gasteiger partial charge in [0.2, 0.25) is 0 Å². The van der Waals surface area contributed by atoms with Crippen LogP contribution in [-0.4, -0.2) is 9.97 Å². The van der Waals surface area contributed by atoms with Crippen LogP contribution in [0, 0.1) is 6.92 Å². The van der Waals surface area contributed by atoms with E-state index in [0.717, 1.165) is 6.42 Å². The van der Waals surface area contributed by atoms with E-state index in [1.807, 2.05) is 6.92 Å². The van der Waals surface area contributed by atoms with Crippen LogP contribution in [0.4, 0.5) is 0 Å². The summed E-state index contributed by atoms with van der Waals surface area (Å²) in [4.78, 5) is 7.09. The fourth-order valence-corrected chi connectivity index (χ4v) is 0.744. The molecule has 0 bridgehead atoms. The Morgan fingerprint density at radius 2 is 2.33 bits per heavy atom. The number of hydrogen-bond acceptors (Lipinski definition) is 1. The molecule has 52 valence electrons. The standard InChI is InChI=1S/C6H10N2.ClH/c1-3-6-5(2)7-4-8-6;/h4H,3H2,1-2H3,(H,7,8);1H. The van der Waals surface area contributed by atoms with Crippen molar-refractivity contribution >= 4 is 12.4 Å². The highest BCUT2D eigenvalue weighted by Crippen LogP contribution is 1.98. The maximum atomic E-state index is 4.08. The van der Waals surface area contributed by atoms with Gasteiger partial charge in [-0.05, 0) is 13.3 Å². The molecule has 0 amide bonds. The van der Waals surface area contributed by atoms with Crippen molar-refractivity contribution in [1.29, 1.82) is 0 Å². The fourth-order valence-electron chi connectivity index (χ4n) is 0.744. The van der Waals surface area contributed by atoms with E-state index in [1.165, 1.54) is 11.4 Å². The minimum Gasteiger partial charge on any atom is -0.348 e. The number of rotatable bonds is 1. The van der Waals surface area contributed by atoms with Crippen LogP contribution in [0.1, 0.15) is 18.3 Å². The molecule has 1 aromatic heterocycles. The smallest absolute Gasteiger partial charge is 0.0925 e. The highest BCUT2D eigenvalue weighted by molar-refractivity contribution is 5.85. The largest absolute Gasteiger partial charge is 0.348 e. The zero-order valence-corrected chi connectivity index (χ0v) is 6.46. The van der Waals surface area contributed by atoms with E-state index < -0.39 is 0 Å². The van der Waals surface area contributed by atoms with Crippen LogP contribution in [-0.2, 0) is 6.42 Å². The van der Waals surface area contributed by atoms with Crippen molar-refractivity contribution in [3.8, 4) is 0 Å². The lowest BCUT2D eigenvalue weighted by atomic mass is 10.3. The van der Waals surface area contributed by atoms with Crippen LogP contribution in [0.15, 0.2) is 6.33 Å². The Bertz CT molecular complexity index is 171. The summed E-state index contributed by atoms with van der Waals surface area (Å²) in [6, 6.07) is 0. The molecule has 0 spiro atoms. The third-order valence-corrected chi connectivity index (χ3v) is 1.27. The summed E-state index contributed by atoms with van der Waals surface area (Å²) in [5.74, 6) is 0. The van der Waals surface area contributed by atoms with Crippen LogP contribution < -0.4 is 0 Å². The highest BCUT2D eigenvalue weighted by Gasteiger charge is 1.93. The lowest BCUT2D eigenvalue weighted by Gasteiger charge is -1.86. The van der Waals surface area contributed by atoms with Crippen LogP contribution in [0.3, 0.4) is 0 Å². The molecular formula is C6H11ClN2. The SMILES string of the molecule is CCc1nc[nH]c1C.Cl. The molecule has 9 heavy (non-hydrogen) atoms. The van der Waals surface area contributed by atoms with Gasteiger partial charge in [0.15, 0.2) is 0 Å². The number of imidazole rings is 1. The maximum Gasteiger partial charge on any atom is 0.0925 e. The van der Waals surface area contributed by atoms with Gasteiger partial charge in [0.1, 0.15) is 0 Å². The Balaban J connectivity index is 0.000000640. The number of nitrogens with one attached hydrogen (secondary N) is 1. The first-order valence-corrected chi connectivity index (χ1v) is 2.83. The van der Waals surface area contributed by atoms with E-state index >= 15 is 0 Å². The molecule has 1 N–H and O–H groups in total. The van der Waals surface area contributed by atoms with Crippen molar-refractivity contribution in [1.82, 2.24) is 9.97 Å². The molecular weight excluding hydrogens is 136 g/mol. The highest BCUT2D eigenvalue weighted by atomic mass is 35.5. The molecule has 0 fully saturated rings. The molecule has 0 atom stereocenters. The molecule has 0 unspecified atom stereocenters. The summed E-state index contributed by atoms with van der Waals surface area (Å²) in [6.45, 7) is 4.13. The topological polar surface area (TPSA) is 28.7 Å². The molecule has 1 aromatic rings. The van der Waals surface area contributed by atoms with Gasteiger partial charge in [0.05, 0.1) is 12.0 Å². The average molecular weight is 147 g/mol. The molecule has 0 aliphatic rings. The van der Waals surface area contributed by atoms with E-state index in [9.17, 15) is 0 Å². The summed E-state index contributed by atoms with van der Waals surface area (Å²) >= 11 is 0. The Morgan fingerprint density at radius 1 is 1.67 bits per heavy atom. The number of nitrogens with zero attached hydrogens (tertiary/aromatic N) is 1. The molecule has 0 radical (unpaired) electrons. The van der Waals surface area contributed by atoms with Crippen molar-refractivity contribution in [2.45, 2.75) is 20.3 Å². The summed E-state index contributed by atoms with van der Waals surface area (Å²) in [5, 5.41) is 0. The van der Waals surface area contributed by atoms with Crippen LogP contribution in [0.2, 0.25) is 0 Å². The second-order valence-electron chi connectivity index (χ2n) is 1.83. The van der Waals surface area contributed by atoms with Crippen molar-refractivity contribution in [3.05, 3.63) is 17.7 Å². The first-order chi connectivity index (χ1) is 3.84. The fraction of sp³-hybridized carbons (Fsp3) is 0.500. The van der Waals surface area contributed by atoms with Crippen LogP contribution in [0.25, 0.3) is 0 Å². The summed E-state index contributed by atoms with van der Waals surface area (Å²) < 4.78 is 0. The Hall–Kier alpha value is -0.500. The first-order valence-electron chi connectivity index (χ1n) is 2.83. The van der Waals surface area contributed by atoms with Gasteiger partial charge in [0, 0.05) is 5.69 Å². The summed E-state index contributed by atoms with van der Waals surface area (Å²) in [7, 11) is 0. The number of H-pyrrole nitrogens is 1. The van der Waals surface area contributed by atoms with Crippen molar-refractivity contribution < 1.29 is 0 Å². The monoisotopic (exact) mass is 146 g/mol. The van der Waals surface area contributed by atoms with Crippen molar-refractivity contribution in [2.75, 3.05) is 0 Å². The van der Waals surface area contributed by atoms with Crippen molar-refractivity contribution in [3.63, 3.8) is 0 Å². The number of aryl methyl sites for hydroxylation is 2. The Kier molecular flexibility index (Phi) is 3.32. The van der Waals surface area contributed by atoms with E-state index in [-0.39, 0.29) is 12.4 Å². The predicted molar refractivity (Wildman–Crippen MR) is 40.0 cm³/mol. The van der Waals surface area contributed by atoms with Crippen LogP contribution in [0.5, 0.6) is 0 Å². The Labute approximate surface area is 61.1 Å². The van der Waals surface area contributed by atoms with Gasteiger partial charge in [-0.25, -0.2) is 4.98 Å². The van der Waals surface area contributed by atoms with Gasteiger partial charge >= 0.3 is 0 Å². The average Bonchev–Trinajstić information content (AvgIpc) is 2.14.